The number of allylic oxidation sites excluding steroid dienone is 1. The molecule has 0 bridgehead atoms. The van der Waals surface area contributed by atoms with E-state index in [0.717, 1.165) is 19.3 Å². The molecule has 0 saturated carbocycles. The van der Waals surface area contributed by atoms with Gasteiger partial charge < -0.3 is 10.1 Å². The van der Waals surface area contributed by atoms with Crippen LogP contribution in [0.1, 0.15) is 33.1 Å². The van der Waals surface area contributed by atoms with Gasteiger partial charge in [-0.15, -0.1) is 0 Å². The van der Waals surface area contributed by atoms with E-state index in [1.54, 1.807) is 0 Å². The Morgan fingerprint density at radius 1 is 1.57 bits per heavy atom. The highest BCUT2D eigenvalue weighted by atomic mass is 16.6. The van der Waals surface area contributed by atoms with Gasteiger partial charge in [-0.25, -0.2) is 4.79 Å². The maximum Gasteiger partial charge on any atom is 0.407 e. The first kappa shape index (κ1) is 9.56. The van der Waals surface area contributed by atoms with Crippen LogP contribution in [-0.2, 0) is 4.74 Å². The molecular weight excluding hydrogens is 178 g/mol. The van der Waals surface area contributed by atoms with Crippen molar-refractivity contribution in [3.8, 4) is 0 Å². The normalized spacial score (nSPS) is 31.6. The van der Waals surface area contributed by atoms with Gasteiger partial charge in [0.15, 0.2) is 0 Å². The number of amides is 1. The minimum Gasteiger partial charge on any atom is -0.441 e. The average Bonchev–Trinajstić information content (AvgIpc) is 2.48. The van der Waals surface area contributed by atoms with Crippen molar-refractivity contribution in [3.05, 3.63) is 11.6 Å². The van der Waals surface area contributed by atoms with Crippen molar-refractivity contribution >= 4 is 6.09 Å². The highest BCUT2D eigenvalue weighted by Crippen LogP contribution is 2.35. The summed E-state index contributed by atoms with van der Waals surface area (Å²) in [6, 6.07) is 0. The minimum atomic E-state index is -0.258. The molecule has 0 aromatic heterocycles. The number of rotatable bonds is 1. The average molecular weight is 195 g/mol. The van der Waals surface area contributed by atoms with Gasteiger partial charge >= 0.3 is 6.09 Å². The molecule has 1 heterocycles. The van der Waals surface area contributed by atoms with Crippen LogP contribution in [-0.4, -0.2) is 18.2 Å². The second kappa shape index (κ2) is 3.30. The zero-order chi connectivity index (χ0) is 10.2. The van der Waals surface area contributed by atoms with E-state index in [4.69, 9.17) is 4.74 Å². The molecule has 1 amide bonds. The van der Waals surface area contributed by atoms with Crippen LogP contribution in [0.15, 0.2) is 11.6 Å². The molecule has 1 aliphatic carbocycles. The number of alkyl carbamates (subject to hydrolysis) is 1. The predicted molar refractivity (Wildman–Crippen MR) is 54.0 cm³/mol. The Bertz CT molecular complexity index is 283. The lowest BCUT2D eigenvalue weighted by molar-refractivity contribution is 0.0476. The van der Waals surface area contributed by atoms with Crippen molar-refractivity contribution in [2.45, 2.75) is 38.7 Å². The van der Waals surface area contributed by atoms with Gasteiger partial charge in [-0.1, -0.05) is 25.5 Å². The summed E-state index contributed by atoms with van der Waals surface area (Å²) in [7, 11) is 0. The fourth-order valence-corrected chi connectivity index (χ4v) is 2.17. The Kier molecular flexibility index (Phi) is 2.25. The fraction of sp³-hybridized carbons (Fsp3) is 0.727. The van der Waals surface area contributed by atoms with E-state index in [1.165, 1.54) is 5.57 Å². The second-order valence-electron chi connectivity index (χ2n) is 4.56. The maximum absolute atomic E-state index is 11.0. The SMILES string of the molecule is CC(C)C1=CCC2(CC1)CNC(=O)O2. The first-order valence-corrected chi connectivity index (χ1v) is 5.27. The van der Waals surface area contributed by atoms with Crippen LogP contribution in [0.25, 0.3) is 0 Å². The van der Waals surface area contributed by atoms with Crippen LogP contribution in [0.3, 0.4) is 0 Å². The Hall–Kier alpha value is -0.990. The molecular formula is C11H17NO2. The number of hydrogen-bond donors (Lipinski definition) is 1. The molecule has 3 heteroatoms. The van der Waals surface area contributed by atoms with Crippen molar-refractivity contribution in [1.82, 2.24) is 5.32 Å². The van der Waals surface area contributed by atoms with Gasteiger partial charge in [0, 0.05) is 6.42 Å². The van der Waals surface area contributed by atoms with Crippen LogP contribution in [0.5, 0.6) is 0 Å². The van der Waals surface area contributed by atoms with Gasteiger partial charge in [0.25, 0.3) is 0 Å². The van der Waals surface area contributed by atoms with Gasteiger partial charge in [0.1, 0.15) is 5.60 Å². The zero-order valence-electron chi connectivity index (χ0n) is 8.80. The monoisotopic (exact) mass is 195 g/mol. The Morgan fingerprint density at radius 3 is 2.79 bits per heavy atom. The summed E-state index contributed by atoms with van der Waals surface area (Å²) in [6.45, 7) is 5.10. The first-order chi connectivity index (χ1) is 6.61. The van der Waals surface area contributed by atoms with Crippen molar-refractivity contribution in [3.63, 3.8) is 0 Å². The molecule has 78 valence electrons. The highest BCUT2D eigenvalue weighted by Gasteiger charge is 2.41. The van der Waals surface area contributed by atoms with Crippen LogP contribution < -0.4 is 5.32 Å². The van der Waals surface area contributed by atoms with Crippen LogP contribution >= 0.6 is 0 Å². The van der Waals surface area contributed by atoms with Gasteiger partial charge in [-0.05, 0) is 18.8 Å². The van der Waals surface area contributed by atoms with Crippen molar-refractivity contribution in [1.29, 1.82) is 0 Å². The van der Waals surface area contributed by atoms with Crippen molar-refractivity contribution < 1.29 is 9.53 Å². The molecule has 14 heavy (non-hydrogen) atoms. The third-order valence-corrected chi connectivity index (χ3v) is 3.21. The van der Waals surface area contributed by atoms with E-state index in [9.17, 15) is 4.79 Å². The van der Waals surface area contributed by atoms with Crippen LogP contribution in [0, 0.1) is 5.92 Å². The summed E-state index contributed by atoms with van der Waals surface area (Å²) in [5.74, 6) is 0.623. The summed E-state index contributed by atoms with van der Waals surface area (Å²) < 4.78 is 5.32. The molecule has 1 fully saturated rings. The number of hydrogen-bond acceptors (Lipinski definition) is 2. The van der Waals surface area contributed by atoms with Gasteiger partial charge in [0.05, 0.1) is 6.54 Å². The Balaban J connectivity index is 2.05. The lowest BCUT2D eigenvalue weighted by atomic mass is 9.82. The van der Waals surface area contributed by atoms with E-state index >= 15 is 0 Å². The molecule has 2 rings (SSSR count). The molecule has 1 unspecified atom stereocenters. The number of nitrogens with one attached hydrogen (secondary N) is 1. The van der Waals surface area contributed by atoms with Gasteiger partial charge in [0.2, 0.25) is 0 Å². The summed E-state index contributed by atoms with van der Waals surface area (Å²) in [5.41, 5.74) is 1.27. The number of ether oxygens (including phenoxy) is 1. The molecule has 1 N–H and O–H groups in total. The molecule has 1 atom stereocenters. The zero-order valence-corrected chi connectivity index (χ0v) is 8.80. The number of carbonyl (C=O) groups excluding carboxylic acids is 1. The van der Waals surface area contributed by atoms with E-state index in [2.05, 4.69) is 25.2 Å². The van der Waals surface area contributed by atoms with Crippen LogP contribution in [0.4, 0.5) is 4.79 Å². The maximum atomic E-state index is 11.0. The lowest BCUT2D eigenvalue weighted by Gasteiger charge is -2.30. The standard InChI is InChI=1S/C11H17NO2/c1-8(2)9-3-5-11(6-4-9)7-12-10(13)14-11/h3,8H,4-7H2,1-2H3,(H,12,13). The molecule has 1 spiro atoms. The fourth-order valence-electron chi connectivity index (χ4n) is 2.17. The third-order valence-electron chi connectivity index (χ3n) is 3.21. The van der Waals surface area contributed by atoms with Gasteiger partial charge in [-0.3, -0.25) is 0 Å². The van der Waals surface area contributed by atoms with Gasteiger partial charge in [-0.2, -0.15) is 0 Å². The first-order valence-electron chi connectivity index (χ1n) is 5.27. The number of carbonyl (C=O) groups is 1. The topological polar surface area (TPSA) is 38.3 Å². The largest absolute Gasteiger partial charge is 0.441 e. The Morgan fingerprint density at radius 2 is 2.36 bits per heavy atom. The molecule has 0 aromatic carbocycles. The summed E-state index contributed by atoms with van der Waals surface area (Å²) >= 11 is 0. The lowest BCUT2D eigenvalue weighted by Crippen LogP contribution is -2.35. The van der Waals surface area contributed by atoms with Crippen LogP contribution in [0.2, 0.25) is 0 Å². The second-order valence-corrected chi connectivity index (χ2v) is 4.56. The molecule has 0 radical (unpaired) electrons. The quantitative estimate of drug-likeness (QED) is 0.651. The van der Waals surface area contributed by atoms with Crippen molar-refractivity contribution in [2.24, 2.45) is 5.92 Å². The highest BCUT2D eigenvalue weighted by molar-refractivity contribution is 5.70. The molecule has 2 aliphatic rings. The third kappa shape index (κ3) is 1.63. The summed E-state index contributed by atoms with van der Waals surface area (Å²) in [6.07, 6.45) is 4.89. The van der Waals surface area contributed by atoms with E-state index in [0.29, 0.717) is 12.5 Å². The molecule has 3 nitrogen and oxygen atoms in total. The molecule has 1 saturated heterocycles. The van der Waals surface area contributed by atoms with Crippen molar-refractivity contribution in [2.75, 3.05) is 6.54 Å². The minimum absolute atomic E-state index is 0.227. The summed E-state index contributed by atoms with van der Waals surface area (Å²) in [5, 5.41) is 2.73. The van der Waals surface area contributed by atoms with E-state index in [-0.39, 0.29) is 11.7 Å². The Labute approximate surface area is 84.5 Å². The predicted octanol–water partition coefficient (Wildman–Crippen LogP) is 2.23. The van der Waals surface area contributed by atoms with E-state index < -0.39 is 0 Å². The smallest absolute Gasteiger partial charge is 0.407 e. The van der Waals surface area contributed by atoms with E-state index in [1.807, 2.05) is 0 Å². The molecule has 0 aromatic rings. The molecule has 1 aliphatic heterocycles. The summed E-state index contributed by atoms with van der Waals surface area (Å²) in [4.78, 5) is 11.0.